The molecule has 2 heteroatoms. The molecule has 0 aromatic heterocycles. The first-order valence-electron chi connectivity index (χ1n) is 24.2. The smallest absolute Gasteiger partial charge is 0.0540 e. The zero-order valence-corrected chi connectivity index (χ0v) is 37.2. The van der Waals surface area contributed by atoms with Crippen molar-refractivity contribution in [1.82, 2.24) is 0 Å². The lowest BCUT2D eigenvalue weighted by Crippen LogP contribution is -2.35. The fourth-order valence-electron chi connectivity index (χ4n) is 13.4. The summed E-state index contributed by atoms with van der Waals surface area (Å²) in [4.78, 5) is 5.26. The lowest BCUT2D eigenvalue weighted by atomic mass is 9.78. The fraction of sp³-hybridized carbons (Fsp3) is 0.108. The van der Waals surface area contributed by atoms with Gasteiger partial charge in [-0.3, -0.25) is 0 Å². The summed E-state index contributed by atoms with van der Waals surface area (Å²) >= 11 is 0. The Bertz CT molecular complexity index is 3600. The monoisotopic (exact) mass is 854 g/mol. The SMILES string of the molecule is c1ccc(-c2c3c(c(-c4ccccc4)c4c2-c2cccc5c2C4CCC(N2c4ccccc4Cc4ccccc42)C5)-c2cccc4c(N5c6ccccc6Cc6ccccc65)ccc-3c24)cc1. The van der Waals surface area contributed by atoms with E-state index in [2.05, 4.69) is 216 Å². The quantitative estimate of drug-likeness (QED) is 0.174. The second-order valence-corrected chi connectivity index (χ2v) is 19.3. The van der Waals surface area contributed by atoms with E-state index < -0.39 is 0 Å². The molecule has 10 aromatic carbocycles. The van der Waals surface area contributed by atoms with Crippen LogP contribution in [0.2, 0.25) is 0 Å². The third-order valence-electron chi connectivity index (χ3n) is 16.0. The normalized spacial score (nSPS) is 16.6. The molecular weight excluding hydrogens is 809 g/mol. The number of para-hydroxylation sites is 4. The highest BCUT2D eigenvalue weighted by atomic mass is 15.2. The summed E-state index contributed by atoms with van der Waals surface area (Å²) in [7, 11) is 0. The van der Waals surface area contributed by atoms with Gasteiger partial charge in [-0.1, -0.05) is 176 Å². The Balaban J connectivity index is 0.993. The van der Waals surface area contributed by atoms with Crippen LogP contribution in [0.25, 0.3) is 66.4 Å². The van der Waals surface area contributed by atoms with E-state index in [1.807, 2.05) is 0 Å². The summed E-state index contributed by atoms with van der Waals surface area (Å²) in [5, 5.41) is 2.64. The number of hydrogen-bond acceptors (Lipinski definition) is 2. The maximum absolute atomic E-state index is 2.72. The molecular formula is C65H46N2. The highest BCUT2D eigenvalue weighted by Crippen LogP contribution is 2.65. The summed E-state index contributed by atoms with van der Waals surface area (Å²) in [6.07, 6.45) is 5.08. The van der Waals surface area contributed by atoms with Gasteiger partial charge < -0.3 is 9.80 Å². The van der Waals surface area contributed by atoms with Gasteiger partial charge in [-0.2, -0.15) is 0 Å². The number of anilines is 5. The van der Waals surface area contributed by atoms with Gasteiger partial charge in [0.2, 0.25) is 0 Å². The summed E-state index contributed by atoms with van der Waals surface area (Å²) in [6, 6.07) is 78.7. The average Bonchev–Trinajstić information content (AvgIpc) is 3.82. The molecule has 0 N–H and O–H groups in total. The highest BCUT2D eigenvalue weighted by Gasteiger charge is 2.43. The second-order valence-electron chi connectivity index (χ2n) is 19.3. The van der Waals surface area contributed by atoms with Crippen LogP contribution in [0.4, 0.5) is 28.4 Å². The summed E-state index contributed by atoms with van der Waals surface area (Å²) in [5.74, 6) is 0.254. The van der Waals surface area contributed by atoms with Crippen LogP contribution in [0, 0.1) is 0 Å². The Morgan fingerprint density at radius 1 is 0.328 bits per heavy atom. The maximum Gasteiger partial charge on any atom is 0.0540 e. The molecule has 10 aromatic rings. The van der Waals surface area contributed by atoms with Gasteiger partial charge in [0.15, 0.2) is 0 Å². The summed E-state index contributed by atoms with van der Waals surface area (Å²) in [6.45, 7) is 0. The number of nitrogens with zero attached hydrogens (tertiary/aromatic N) is 2. The van der Waals surface area contributed by atoms with Crippen LogP contribution >= 0.6 is 0 Å². The van der Waals surface area contributed by atoms with Crippen molar-refractivity contribution in [2.75, 3.05) is 9.80 Å². The zero-order valence-electron chi connectivity index (χ0n) is 37.2. The molecule has 0 saturated carbocycles. The molecule has 2 aliphatic heterocycles. The van der Waals surface area contributed by atoms with E-state index in [4.69, 9.17) is 0 Å². The Morgan fingerprint density at radius 3 is 1.49 bits per heavy atom. The molecule has 0 spiro atoms. The summed E-state index contributed by atoms with van der Waals surface area (Å²) < 4.78 is 0. The van der Waals surface area contributed by atoms with Crippen molar-refractivity contribution in [1.29, 1.82) is 0 Å². The first-order chi connectivity index (χ1) is 33.3. The lowest BCUT2D eigenvalue weighted by Gasteiger charge is -2.39. The van der Waals surface area contributed by atoms with Crippen LogP contribution in [-0.4, -0.2) is 6.04 Å². The first kappa shape index (κ1) is 37.3. The number of benzene rings is 10. The van der Waals surface area contributed by atoms with Gasteiger partial charge in [-0.25, -0.2) is 0 Å². The minimum Gasteiger partial charge on any atom is -0.338 e. The third-order valence-corrected chi connectivity index (χ3v) is 16.0. The van der Waals surface area contributed by atoms with Crippen LogP contribution in [0.3, 0.4) is 0 Å². The maximum atomic E-state index is 2.72. The zero-order chi connectivity index (χ0) is 43.7. The predicted molar refractivity (Wildman–Crippen MR) is 279 cm³/mol. The van der Waals surface area contributed by atoms with E-state index in [1.54, 1.807) is 5.56 Å². The van der Waals surface area contributed by atoms with E-state index >= 15 is 0 Å². The van der Waals surface area contributed by atoms with Crippen molar-refractivity contribution < 1.29 is 0 Å². The lowest BCUT2D eigenvalue weighted by molar-refractivity contribution is 0.566. The van der Waals surface area contributed by atoms with Gasteiger partial charge in [0.25, 0.3) is 0 Å². The molecule has 2 atom stereocenters. The van der Waals surface area contributed by atoms with Crippen molar-refractivity contribution in [3.05, 3.63) is 245 Å². The molecule has 2 unspecified atom stereocenters. The Morgan fingerprint density at radius 2 is 0.836 bits per heavy atom. The number of hydrogen-bond donors (Lipinski definition) is 0. The Hall–Kier alpha value is -7.94. The van der Waals surface area contributed by atoms with Crippen molar-refractivity contribution in [2.24, 2.45) is 0 Å². The summed E-state index contributed by atoms with van der Waals surface area (Å²) in [5.41, 5.74) is 30.3. The number of rotatable bonds is 4. The molecule has 0 bridgehead atoms. The van der Waals surface area contributed by atoms with Crippen molar-refractivity contribution in [3.63, 3.8) is 0 Å². The van der Waals surface area contributed by atoms with Gasteiger partial charge in [0.05, 0.1) is 5.69 Å². The van der Waals surface area contributed by atoms with E-state index in [9.17, 15) is 0 Å². The molecule has 0 saturated heterocycles. The Kier molecular flexibility index (Phi) is 7.95. The second kappa shape index (κ2) is 14.3. The molecule has 0 fully saturated rings. The molecule has 5 aliphatic rings. The van der Waals surface area contributed by atoms with Crippen LogP contribution in [-0.2, 0) is 19.3 Å². The minimum atomic E-state index is 0.254. The predicted octanol–water partition coefficient (Wildman–Crippen LogP) is 16.8. The molecule has 2 heterocycles. The van der Waals surface area contributed by atoms with Crippen molar-refractivity contribution >= 4 is 39.2 Å². The largest absolute Gasteiger partial charge is 0.338 e. The van der Waals surface area contributed by atoms with Crippen LogP contribution < -0.4 is 9.80 Å². The van der Waals surface area contributed by atoms with Crippen LogP contribution in [0.1, 0.15) is 57.7 Å². The van der Waals surface area contributed by atoms with Gasteiger partial charge in [-0.15, -0.1) is 0 Å². The van der Waals surface area contributed by atoms with Crippen LogP contribution in [0.5, 0.6) is 0 Å². The minimum absolute atomic E-state index is 0.254. The average molecular weight is 855 g/mol. The molecule has 0 radical (unpaired) electrons. The van der Waals surface area contributed by atoms with E-state index in [1.165, 1.54) is 128 Å². The Labute approximate surface area is 392 Å². The van der Waals surface area contributed by atoms with Gasteiger partial charge in [-0.05, 0) is 150 Å². The van der Waals surface area contributed by atoms with Crippen molar-refractivity contribution in [3.8, 4) is 55.6 Å². The molecule has 0 amide bonds. The van der Waals surface area contributed by atoms with Crippen molar-refractivity contribution in [2.45, 2.75) is 44.1 Å². The van der Waals surface area contributed by atoms with E-state index in [0.29, 0.717) is 6.04 Å². The van der Waals surface area contributed by atoms with Gasteiger partial charge >= 0.3 is 0 Å². The molecule has 316 valence electrons. The topological polar surface area (TPSA) is 6.48 Å². The molecule has 2 nitrogen and oxygen atoms in total. The van der Waals surface area contributed by atoms with E-state index in [0.717, 1.165) is 32.1 Å². The molecule has 15 rings (SSSR count). The molecule has 67 heavy (non-hydrogen) atoms. The number of fused-ring (bicyclic) bond motifs is 10. The van der Waals surface area contributed by atoms with Crippen LogP contribution in [0.15, 0.2) is 206 Å². The first-order valence-corrected chi connectivity index (χ1v) is 24.2. The van der Waals surface area contributed by atoms with Gasteiger partial charge in [0.1, 0.15) is 0 Å². The van der Waals surface area contributed by atoms with E-state index in [-0.39, 0.29) is 5.92 Å². The highest BCUT2D eigenvalue weighted by molar-refractivity contribution is 6.26. The third kappa shape index (κ3) is 5.27. The standard InChI is InChI=1S/C65H46N2/c1-3-17-40(18-4-1)59-62-49-27-15-25-46-39-47(66-53-29-11-7-21-42(53)37-43-22-8-12-30-54(43)66)33-34-51(58(46)49)64(62)60(41-19-5-2-6-20-41)63-50-28-16-26-48-57(36-35-52(61(48)50)65(59)63)67-55-31-13-9-23-44(55)38-45-24-10-14-32-56(45)67/h1-32,35-36,47,51H,33-34,37-39H2. The van der Waals surface area contributed by atoms with Gasteiger partial charge in [0, 0.05) is 52.9 Å². The fourth-order valence-corrected chi connectivity index (χ4v) is 13.4. The molecule has 3 aliphatic carbocycles.